The van der Waals surface area contributed by atoms with Crippen molar-refractivity contribution in [3.05, 3.63) is 60.3 Å². The molecule has 0 aliphatic carbocycles. The third-order valence-corrected chi connectivity index (χ3v) is 3.75. The predicted octanol–water partition coefficient (Wildman–Crippen LogP) is 3.74. The Morgan fingerprint density at radius 2 is 1.88 bits per heavy atom. The van der Waals surface area contributed by atoms with E-state index in [4.69, 9.17) is 0 Å². The number of fused-ring (bicyclic) bond motifs is 2. The molecule has 0 saturated carbocycles. The van der Waals surface area contributed by atoms with Crippen molar-refractivity contribution in [2.75, 3.05) is 5.32 Å². The van der Waals surface area contributed by atoms with Gasteiger partial charge in [0.15, 0.2) is 11.5 Å². The van der Waals surface area contributed by atoms with Crippen LogP contribution in [0.3, 0.4) is 0 Å². The van der Waals surface area contributed by atoms with Gasteiger partial charge in [0.2, 0.25) is 5.91 Å². The van der Waals surface area contributed by atoms with Crippen LogP contribution in [0.2, 0.25) is 0 Å². The first-order chi connectivity index (χ1) is 12.0. The molecule has 0 radical (unpaired) electrons. The molecule has 126 valence electrons. The van der Waals surface area contributed by atoms with Crippen LogP contribution in [0.25, 0.3) is 10.9 Å². The van der Waals surface area contributed by atoms with Crippen molar-refractivity contribution >= 4 is 22.5 Å². The van der Waals surface area contributed by atoms with E-state index in [1.807, 2.05) is 30.3 Å². The molecule has 1 aliphatic rings. The maximum absolute atomic E-state index is 13.0. The molecular weight excluding hydrogens is 330 g/mol. The van der Waals surface area contributed by atoms with Gasteiger partial charge >= 0.3 is 6.29 Å². The van der Waals surface area contributed by atoms with Crippen molar-refractivity contribution in [2.45, 2.75) is 12.7 Å². The number of nitrogens with one attached hydrogen (secondary N) is 1. The number of para-hydroxylation sites is 1. The Morgan fingerprint density at radius 3 is 2.76 bits per heavy atom. The fraction of sp³-hybridized carbons (Fsp3) is 0.111. The Bertz CT molecular complexity index is 970. The SMILES string of the molecule is O=C(Cc1cccc2cccnc12)Nc1ccc2c(c1)OC(F)(F)O2. The Kier molecular flexibility index (Phi) is 3.49. The van der Waals surface area contributed by atoms with Crippen LogP contribution in [0.4, 0.5) is 14.5 Å². The average molecular weight is 342 g/mol. The first kappa shape index (κ1) is 15.3. The summed E-state index contributed by atoms with van der Waals surface area (Å²) in [5.41, 5.74) is 1.88. The molecule has 0 saturated heterocycles. The molecule has 3 aromatic rings. The summed E-state index contributed by atoms with van der Waals surface area (Å²) in [6.07, 6.45) is -1.90. The largest absolute Gasteiger partial charge is 0.586 e. The first-order valence-electron chi connectivity index (χ1n) is 7.52. The van der Waals surface area contributed by atoms with Gasteiger partial charge < -0.3 is 14.8 Å². The molecular formula is C18H12F2N2O3. The van der Waals surface area contributed by atoms with Gasteiger partial charge in [-0.15, -0.1) is 8.78 Å². The summed E-state index contributed by atoms with van der Waals surface area (Å²) in [7, 11) is 0. The van der Waals surface area contributed by atoms with Gasteiger partial charge in [-0.05, 0) is 23.8 Å². The van der Waals surface area contributed by atoms with Crippen LogP contribution in [0.1, 0.15) is 5.56 Å². The van der Waals surface area contributed by atoms with E-state index in [0.717, 1.165) is 16.5 Å². The summed E-state index contributed by atoms with van der Waals surface area (Å²) in [5, 5.41) is 3.61. The summed E-state index contributed by atoms with van der Waals surface area (Å²) in [6.45, 7) is 0. The lowest BCUT2D eigenvalue weighted by molar-refractivity contribution is -0.286. The molecule has 1 aliphatic heterocycles. The van der Waals surface area contributed by atoms with Gasteiger partial charge in [0.1, 0.15) is 0 Å². The van der Waals surface area contributed by atoms with E-state index in [1.165, 1.54) is 18.2 Å². The second-order valence-corrected chi connectivity index (χ2v) is 5.55. The molecule has 1 N–H and O–H groups in total. The molecule has 0 atom stereocenters. The van der Waals surface area contributed by atoms with Gasteiger partial charge in [-0.2, -0.15) is 0 Å². The maximum atomic E-state index is 13.0. The van der Waals surface area contributed by atoms with Crippen LogP contribution in [0.5, 0.6) is 11.5 Å². The topological polar surface area (TPSA) is 60.5 Å². The molecule has 0 unspecified atom stereocenters. The molecule has 0 spiro atoms. The van der Waals surface area contributed by atoms with E-state index in [2.05, 4.69) is 19.8 Å². The van der Waals surface area contributed by atoms with Crippen LogP contribution in [-0.2, 0) is 11.2 Å². The number of ether oxygens (including phenoxy) is 2. The second-order valence-electron chi connectivity index (χ2n) is 5.55. The second kappa shape index (κ2) is 5.70. The van der Waals surface area contributed by atoms with Crippen molar-refractivity contribution in [1.82, 2.24) is 4.98 Å². The highest BCUT2D eigenvalue weighted by molar-refractivity contribution is 5.95. The number of benzene rings is 2. The maximum Gasteiger partial charge on any atom is 0.586 e. The van der Waals surface area contributed by atoms with Crippen molar-refractivity contribution in [1.29, 1.82) is 0 Å². The highest BCUT2D eigenvalue weighted by Gasteiger charge is 2.43. The Balaban J connectivity index is 1.51. The number of halogens is 2. The molecule has 1 amide bonds. The highest BCUT2D eigenvalue weighted by atomic mass is 19.3. The van der Waals surface area contributed by atoms with Crippen molar-refractivity contribution in [3.8, 4) is 11.5 Å². The van der Waals surface area contributed by atoms with Crippen LogP contribution in [-0.4, -0.2) is 17.2 Å². The molecule has 2 aromatic carbocycles. The molecule has 0 fully saturated rings. The molecule has 5 nitrogen and oxygen atoms in total. The Hall–Kier alpha value is -3.22. The zero-order valence-corrected chi connectivity index (χ0v) is 12.8. The Labute approximate surface area is 141 Å². The quantitative estimate of drug-likeness (QED) is 0.788. The van der Waals surface area contributed by atoms with Crippen LogP contribution >= 0.6 is 0 Å². The van der Waals surface area contributed by atoms with E-state index in [-0.39, 0.29) is 23.8 Å². The first-order valence-corrected chi connectivity index (χ1v) is 7.52. The van der Waals surface area contributed by atoms with Crippen molar-refractivity contribution in [2.24, 2.45) is 0 Å². The monoisotopic (exact) mass is 342 g/mol. The number of hydrogen-bond donors (Lipinski definition) is 1. The number of aromatic nitrogens is 1. The van der Waals surface area contributed by atoms with Gasteiger partial charge in [-0.3, -0.25) is 9.78 Å². The zero-order chi connectivity index (χ0) is 17.4. The number of alkyl halides is 2. The van der Waals surface area contributed by atoms with E-state index in [9.17, 15) is 13.6 Å². The minimum Gasteiger partial charge on any atom is -0.395 e. The lowest BCUT2D eigenvalue weighted by Gasteiger charge is -2.08. The molecule has 25 heavy (non-hydrogen) atoms. The molecule has 7 heteroatoms. The predicted molar refractivity (Wildman–Crippen MR) is 86.7 cm³/mol. The molecule has 1 aromatic heterocycles. The smallest absolute Gasteiger partial charge is 0.395 e. The molecule has 2 heterocycles. The number of amides is 1. The third-order valence-electron chi connectivity index (χ3n) is 3.75. The number of anilines is 1. The number of pyridine rings is 1. The lowest BCUT2D eigenvalue weighted by atomic mass is 10.1. The standard InChI is InChI=1S/C18H12F2N2O3/c19-18(20)24-14-7-6-13(10-15(14)25-18)22-16(23)9-12-4-1-3-11-5-2-8-21-17(11)12/h1-8,10H,9H2,(H,22,23). The van der Waals surface area contributed by atoms with Gasteiger partial charge in [-0.1, -0.05) is 24.3 Å². The van der Waals surface area contributed by atoms with Gasteiger partial charge in [0, 0.05) is 23.3 Å². The van der Waals surface area contributed by atoms with Gasteiger partial charge in [0.25, 0.3) is 0 Å². The van der Waals surface area contributed by atoms with E-state index >= 15 is 0 Å². The Morgan fingerprint density at radius 1 is 1.08 bits per heavy atom. The fourth-order valence-corrected chi connectivity index (χ4v) is 2.71. The zero-order valence-electron chi connectivity index (χ0n) is 12.8. The minimum atomic E-state index is -3.68. The summed E-state index contributed by atoms with van der Waals surface area (Å²) in [6, 6.07) is 13.5. The number of rotatable bonds is 3. The number of hydrogen-bond acceptors (Lipinski definition) is 4. The van der Waals surface area contributed by atoms with Gasteiger partial charge in [-0.25, -0.2) is 0 Å². The number of carbonyl (C=O) groups is 1. The van der Waals surface area contributed by atoms with Crippen molar-refractivity contribution in [3.63, 3.8) is 0 Å². The molecule has 0 bridgehead atoms. The summed E-state index contributed by atoms with van der Waals surface area (Å²) in [5.74, 6) is -0.473. The number of nitrogens with zero attached hydrogens (tertiary/aromatic N) is 1. The fourth-order valence-electron chi connectivity index (χ4n) is 2.71. The van der Waals surface area contributed by atoms with E-state index in [0.29, 0.717) is 5.69 Å². The number of carbonyl (C=O) groups excluding carboxylic acids is 1. The van der Waals surface area contributed by atoms with Crippen LogP contribution < -0.4 is 14.8 Å². The van der Waals surface area contributed by atoms with Crippen LogP contribution in [0.15, 0.2) is 54.7 Å². The average Bonchev–Trinajstić information content (AvgIpc) is 2.88. The van der Waals surface area contributed by atoms with Crippen LogP contribution in [0, 0.1) is 0 Å². The lowest BCUT2D eigenvalue weighted by Crippen LogP contribution is -2.25. The normalized spacial score (nSPS) is 14.5. The third kappa shape index (κ3) is 3.08. The highest BCUT2D eigenvalue weighted by Crippen LogP contribution is 2.42. The summed E-state index contributed by atoms with van der Waals surface area (Å²) in [4.78, 5) is 16.6. The summed E-state index contributed by atoms with van der Waals surface area (Å²) < 4.78 is 34.8. The van der Waals surface area contributed by atoms with Crippen molar-refractivity contribution < 1.29 is 23.0 Å². The van der Waals surface area contributed by atoms with Gasteiger partial charge in [0.05, 0.1) is 11.9 Å². The van der Waals surface area contributed by atoms with E-state index in [1.54, 1.807) is 6.20 Å². The van der Waals surface area contributed by atoms with E-state index < -0.39 is 6.29 Å². The summed E-state index contributed by atoms with van der Waals surface area (Å²) >= 11 is 0. The minimum absolute atomic E-state index is 0.0683. The molecule has 4 rings (SSSR count).